The van der Waals surface area contributed by atoms with E-state index >= 15 is 0 Å². The highest BCUT2D eigenvalue weighted by molar-refractivity contribution is 4.85. The van der Waals surface area contributed by atoms with Crippen molar-refractivity contribution in [2.75, 3.05) is 6.61 Å². The Morgan fingerprint density at radius 3 is 2.43 bits per heavy atom. The first-order chi connectivity index (χ1) is 3.27. The van der Waals surface area contributed by atoms with Gasteiger partial charge in [-0.3, -0.25) is 0 Å². The number of ether oxygens (including phenoxy) is 1. The fourth-order valence-electron chi connectivity index (χ4n) is 0.796. The van der Waals surface area contributed by atoms with Gasteiger partial charge >= 0.3 is 0 Å². The third-order valence-corrected chi connectivity index (χ3v) is 1.42. The first-order valence-corrected chi connectivity index (χ1v) is 2.91. The van der Waals surface area contributed by atoms with E-state index < -0.39 is 0 Å². The van der Waals surface area contributed by atoms with Gasteiger partial charge in [-0.1, -0.05) is 13.3 Å². The molecule has 42 valence electrons. The molecular formula is C6H12O. The number of rotatable bonds is 2. The molecule has 0 aromatic rings. The van der Waals surface area contributed by atoms with Crippen LogP contribution in [0.4, 0.5) is 0 Å². The highest BCUT2D eigenvalue weighted by Crippen LogP contribution is 2.30. The zero-order valence-electron chi connectivity index (χ0n) is 5.03. The largest absolute Gasteiger partial charge is 0.370 e. The van der Waals surface area contributed by atoms with Crippen LogP contribution in [0.1, 0.15) is 26.7 Å². The van der Waals surface area contributed by atoms with Crippen LogP contribution < -0.4 is 0 Å². The number of epoxide rings is 1. The first kappa shape index (κ1) is 5.10. The van der Waals surface area contributed by atoms with Gasteiger partial charge in [0.05, 0.1) is 12.2 Å². The molecule has 1 saturated heterocycles. The average Bonchev–Trinajstić information content (AvgIpc) is 2.22. The van der Waals surface area contributed by atoms with Gasteiger partial charge in [0.1, 0.15) is 0 Å². The Bertz CT molecular complexity index is 64.6. The standard InChI is InChI=1S/C6H12O/c1-3-4-6(2)5-7-6/h3-5H2,1-2H3. The molecule has 1 heterocycles. The number of hydrogen-bond donors (Lipinski definition) is 0. The second-order valence-electron chi connectivity index (χ2n) is 2.49. The molecule has 1 unspecified atom stereocenters. The predicted molar refractivity (Wildman–Crippen MR) is 29.3 cm³/mol. The summed E-state index contributed by atoms with van der Waals surface area (Å²) in [6.07, 6.45) is 2.48. The molecule has 0 saturated carbocycles. The van der Waals surface area contributed by atoms with Crippen LogP contribution in [0.5, 0.6) is 0 Å². The van der Waals surface area contributed by atoms with E-state index in [0.717, 1.165) is 6.61 Å². The van der Waals surface area contributed by atoms with E-state index in [4.69, 9.17) is 4.74 Å². The summed E-state index contributed by atoms with van der Waals surface area (Å²) in [5.74, 6) is 0. The van der Waals surface area contributed by atoms with E-state index in [2.05, 4.69) is 13.8 Å². The van der Waals surface area contributed by atoms with Gasteiger partial charge in [-0.05, 0) is 13.3 Å². The van der Waals surface area contributed by atoms with Crippen LogP contribution >= 0.6 is 0 Å². The SMILES string of the molecule is CCCC1(C)CO1. The van der Waals surface area contributed by atoms with Gasteiger partial charge in [0.15, 0.2) is 0 Å². The van der Waals surface area contributed by atoms with Crippen molar-refractivity contribution in [1.82, 2.24) is 0 Å². The van der Waals surface area contributed by atoms with Crippen LogP contribution in [0, 0.1) is 0 Å². The van der Waals surface area contributed by atoms with Crippen LogP contribution in [0.15, 0.2) is 0 Å². The lowest BCUT2D eigenvalue weighted by atomic mass is 10.1. The van der Waals surface area contributed by atoms with E-state index in [9.17, 15) is 0 Å². The summed E-state index contributed by atoms with van der Waals surface area (Å²) in [7, 11) is 0. The highest BCUT2D eigenvalue weighted by Gasteiger charge is 2.37. The molecule has 0 radical (unpaired) electrons. The Kier molecular flexibility index (Phi) is 1.08. The van der Waals surface area contributed by atoms with Crippen LogP contribution in [-0.2, 0) is 4.74 Å². The molecule has 7 heavy (non-hydrogen) atoms. The topological polar surface area (TPSA) is 12.5 Å². The molecular weight excluding hydrogens is 88.1 g/mol. The minimum absolute atomic E-state index is 0.300. The van der Waals surface area contributed by atoms with Crippen molar-refractivity contribution in [3.05, 3.63) is 0 Å². The predicted octanol–water partition coefficient (Wildman–Crippen LogP) is 1.58. The van der Waals surface area contributed by atoms with Crippen molar-refractivity contribution in [3.63, 3.8) is 0 Å². The van der Waals surface area contributed by atoms with Crippen LogP contribution in [-0.4, -0.2) is 12.2 Å². The lowest BCUT2D eigenvalue weighted by Gasteiger charge is -1.97. The van der Waals surface area contributed by atoms with E-state index in [-0.39, 0.29) is 0 Å². The highest BCUT2D eigenvalue weighted by atomic mass is 16.6. The summed E-state index contributed by atoms with van der Waals surface area (Å²) < 4.78 is 5.14. The van der Waals surface area contributed by atoms with Gasteiger partial charge in [-0.25, -0.2) is 0 Å². The molecule has 0 amide bonds. The maximum absolute atomic E-state index is 5.14. The van der Waals surface area contributed by atoms with Gasteiger partial charge in [-0.15, -0.1) is 0 Å². The third-order valence-electron chi connectivity index (χ3n) is 1.42. The molecule has 0 aromatic heterocycles. The summed E-state index contributed by atoms with van der Waals surface area (Å²) >= 11 is 0. The van der Waals surface area contributed by atoms with Crippen molar-refractivity contribution in [3.8, 4) is 0 Å². The third kappa shape index (κ3) is 1.16. The minimum atomic E-state index is 0.300. The lowest BCUT2D eigenvalue weighted by molar-refractivity contribution is 0.307. The smallest absolute Gasteiger partial charge is 0.0888 e. The molecule has 0 spiro atoms. The van der Waals surface area contributed by atoms with E-state index in [0.29, 0.717) is 5.60 Å². The zero-order chi connectivity index (χ0) is 5.33. The molecule has 1 aliphatic heterocycles. The summed E-state index contributed by atoms with van der Waals surface area (Å²) in [6, 6.07) is 0. The average molecular weight is 100 g/mol. The maximum Gasteiger partial charge on any atom is 0.0888 e. The van der Waals surface area contributed by atoms with E-state index in [1.54, 1.807) is 0 Å². The Balaban J connectivity index is 2.13. The second-order valence-corrected chi connectivity index (χ2v) is 2.49. The summed E-state index contributed by atoms with van der Waals surface area (Å²) in [6.45, 7) is 5.34. The molecule has 1 nitrogen and oxygen atoms in total. The fourth-order valence-corrected chi connectivity index (χ4v) is 0.796. The Labute approximate surface area is 44.7 Å². The van der Waals surface area contributed by atoms with Crippen LogP contribution in [0.25, 0.3) is 0 Å². The van der Waals surface area contributed by atoms with Crippen LogP contribution in [0.2, 0.25) is 0 Å². The van der Waals surface area contributed by atoms with E-state index in [1.807, 2.05) is 0 Å². The quantitative estimate of drug-likeness (QED) is 0.480. The maximum atomic E-state index is 5.14. The summed E-state index contributed by atoms with van der Waals surface area (Å²) in [4.78, 5) is 0. The second kappa shape index (κ2) is 1.48. The Hall–Kier alpha value is -0.0400. The lowest BCUT2D eigenvalue weighted by Crippen LogP contribution is -2.01. The first-order valence-electron chi connectivity index (χ1n) is 2.91. The van der Waals surface area contributed by atoms with Crippen molar-refractivity contribution in [2.24, 2.45) is 0 Å². The molecule has 1 atom stereocenters. The fraction of sp³-hybridized carbons (Fsp3) is 1.00. The van der Waals surface area contributed by atoms with Gasteiger partial charge in [0, 0.05) is 0 Å². The molecule has 1 fully saturated rings. The van der Waals surface area contributed by atoms with Crippen molar-refractivity contribution in [1.29, 1.82) is 0 Å². The molecule has 0 aliphatic carbocycles. The normalized spacial score (nSPS) is 38.6. The van der Waals surface area contributed by atoms with Gasteiger partial charge in [0.2, 0.25) is 0 Å². The minimum Gasteiger partial charge on any atom is -0.370 e. The summed E-state index contributed by atoms with van der Waals surface area (Å²) in [5.41, 5.74) is 0.300. The van der Waals surface area contributed by atoms with Crippen molar-refractivity contribution >= 4 is 0 Å². The molecule has 0 bridgehead atoms. The van der Waals surface area contributed by atoms with Crippen LogP contribution in [0.3, 0.4) is 0 Å². The molecule has 0 N–H and O–H groups in total. The number of hydrogen-bond acceptors (Lipinski definition) is 1. The van der Waals surface area contributed by atoms with Crippen molar-refractivity contribution in [2.45, 2.75) is 32.3 Å². The van der Waals surface area contributed by atoms with Gasteiger partial charge < -0.3 is 4.74 Å². The Morgan fingerprint density at radius 2 is 2.29 bits per heavy atom. The zero-order valence-corrected chi connectivity index (χ0v) is 5.03. The molecule has 1 heteroatoms. The Morgan fingerprint density at radius 1 is 1.71 bits per heavy atom. The molecule has 0 aromatic carbocycles. The monoisotopic (exact) mass is 100 g/mol. The van der Waals surface area contributed by atoms with E-state index in [1.165, 1.54) is 12.8 Å². The van der Waals surface area contributed by atoms with Crippen molar-refractivity contribution < 1.29 is 4.74 Å². The molecule has 1 aliphatic rings. The van der Waals surface area contributed by atoms with Gasteiger partial charge in [-0.2, -0.15) is 0 Å². The summed E-state index contributed by atoms with van der Waals surface area (Å²) in [5, 5.41) is 0. The molecule has 1 rings (SSSR count). The van der Waals surface area contributed by atoms with Gasteiger partial charge in [0.25, 0.3) is 0 Å².